The molecule has 1 heterocycles. The maximum atomic E-state index is 12.9. The number of carbonyl (C=O) groups excluding carboxylic acids is 1. The second-order valence-corrected chi connectivity index (χ2v) is 7.18. The number of nitrogens with one attached hydrogen (secondary N) is 1. The minimum Gasteiger partial charge on any atom is -0.515 e. The molecule has 1 aliphatic heterocycles. The Kier molecular flexibility index (Phi) is 6.59. The Morgan fingerprint density at radius 1 is 1.31 bits per heavy atom. The molecule has 1 unspecified atom stereocenters. The first-order valence-corrected chi connectivity index (χ1v) is 9.38. The van der Waals surface area contributed by atoms with Crippen molar-refractivity contribution < 1.29 is 15.0 Å². The second-order valence-electron chi connectivity index (χ2n) is 7.18. The fourth-order valence-electron chi connectivity index (χ4n) is 3.70. The van der Waals surface area contributed by atoms with Crippen LogP contribution < -0.4 is 0 Å². The van der Waals surface area contributed by atoms with Crippen molar-refractivity contribution in [2.45, 2.75) is 52.1 Å². The van der Waals surface area contributed by atoms with Crippen molar-refractivity contribution in [3.8, 4) is 0 Å². The number of hydrogen-bond acceptors (Lipinski definition) is 4. The van der Waals surface area contributed by atoms with Gasteiger partial charge in [0.25, 0.3) is 5.91 Å². The molecule has 1 aromatic rings. The van der Waals surface area contributed by atoms with E-state index in [4.69, 9.17) is 5.41 Å². The lowest BCUT2D eigenvalue weighted by Gasteiger charge is -2.41. The van der Waals surface area contributed by atoms with Gasteiger partial charge in [-0.2, -0.15) is 0 Å². The summed E-state index contributed by atoms with van der Waals surface area (Å²) in [6, 6.07) is 7.31. The van der Waals surface area contributed by atoms with Gasteiger partial charge < -0.3 is 15.1 Å². The fourth-order valence-corrected chi connectivity index (χ4v) is 3.70. The molecule has 1 aromatic carbocycles. The summed E-state index contributed by atoms with van der Waals surface area (Å²) in [5.41, 5.74) is 0.898. The van der Waals surface area contributed by atoms with E-state index in [-0.39, 0.29) is 23.1 Å². The number of benzene rings is 1. The summed E-state index contributed by atoms with van der Waals surface area (Å²) in [6.07, 6.45) is 3.74. The summed E-state index contributed by atoms with van der Waals surface area (Å²) < 4.78 is 0. The highest BCUT2D eigenvalue weighted by molar-refractivity contribution is 6.26. The molecule has 0 bridgehead atoms. The van der Waals surface area contributed by atoms with Crippen LogP contribution in [0.4, 0.5) is 0 Å². The second kappa shape index (κ2) is 8.49. The van der Waals surface area contributed by atoms with Crippen LogP contribution in [0.2, 0.25) is 0 Å². The Hall–Kier alpha value is -2.14. The monoisotopic (exact) mass is 358 g/mol. The molecule has 3 N–H and O–H groups in total. The first-order chi connectivity index (χ1) is 12.4. The number of aryl methyl sites for hydroxylation is 1. The summed E-state index contributed by atoms with van der Waals surface area (Å²) in [6.45, 7) is 6.93. The van der Waals surface area contributed by atoms with Crippen molar-refractivity contribution in [2.75, 3.05) is 13.1 Å². The predicted molar refractivity (Wildman–Crippen MR) is 104 cm³/mol. The molecular weight excluding hydrogens is 328 g/mol. The molecule has 1 atom stereocenters. The lowest BCUT2D eigenvalue weighted by Crippen LogP contribution is -2.49. The van der Waals surface area contributed by atoms with Crippen LogP contribution in [0.1, 0.15) is 50.7 Å². The summed E-state index contributed by atoms with van der Waals surface area (Å²) >= 11 is 0. The van der Waals surface area contributed by atoms with E-state index in [1.807, 2.05) is 32.9 Å². The molecule has 1 fully saturated rings. The SMILES string of the molecule is CCC(O)(CC)C1CCCN(C(=O)/C(=C/O)C(=N)c2ccc(C)cc2)C1. The number of carbonyl (C=O) groups is 1. The molecule has 1 amide bonds. The van der Waals surface area contributed by atoms with Gasteiger partial charge in [-0.3, -0.25) is 10.2 Å². The van der Waals surface area contributed by atoms with E-state index in [0.717, 1.165) is 24.7 Å². The average molecular weight is 358 g/mol. The number of piperidine rings is 1. The first-order valence-electron chi connectivity index (χ1n) is 9.38. The number of nitrogens with zero attached hydrogens (tertiary/aromatic N) is 1. The summed E-state index contributed by atoms with van der Waals surface area (Å²) in [5.74, 6) is -0.332. The quantitative estimate of drug-likeness (QED) is 0.413. The van der Waals surface area contributed by atoms with Crippen LogP contribution >= 0.6 is 0 Å². The molecule has 142 valence electrons. The molecule has 5 heteroatoms. The topological polar surface area (TPSA) is 84.6 Å². The molecule has 5 nitrogen and oxygen atoms in total. The molecule has 0 aliphatic carbocycles. The van der Waals surface area contributed by atoms with Gasteiger partial charge in [0.05, 0.1) is 23.1 Å². The van der Waals surface area contributed by atoms with Gasteiger partial charge in [-0.1, -0.05) is 43.7 Å². The van der Waals surface area contributed by atoms with E-state index in [9.17, 15) is 15.0 Å². The van der Waals surface area contributed by atoms with Gasteiger partial charge in [-0.05, 0) is 32.6 Å². The van der Waals surface area contributed by atoms with E-state index in [1.165, 1.54) is 0 Å². The molecule has 26 heavy (non-hydrogen) atoms. The van der Waals surface area contributed by atoms with Crippen LogP contribution in [0.15, 0.2) is 36.1 Å². The van der Waals surface area contributed by atoms with Gasteiger partial charge in [0, 0.05) is 24.6 Å². The Labute approximate surface area is 155 Å². The number of amides is 1. The van der Waals surface area contributed by atoms with Crippen LogP contribution in [0.3, 0.4) is 0 Å². The van der Waals surface area contributed by atoms with Crippen molar-refractivity contribution in [2.24, 2.45) is 5.92 Å². The van der Waals surface area contributed by atoms with Gasteiger partial charge in [-0.25, -0.2) is 0 Å². The highest BCUT2D eigenvalue weighted by atomic mass is 16.3. The Bertz CT molecular complexity index is 675. The third-order valence-electron chi connectivity index (χ3n) is 5.66. The minimum atomic E-state index is -0.771. The van der Waals surface area contributed by atoms with Gasteiger partial charge in [-0.15, -0.1) is 0 Å². The van der Waals surface area contributed by atoms with Crippen LogP contribution in [-0.2, 0) is 4.79 Å². The van der Waals surface area contributed by atoms with Crippen molar-refractivity contribution in [3.63, 3.8) is 0 Å². The number of likely N-dealkylation sites (tertiary alicyclic amines) is 1. The number of hydrogen-bond donors (Lipinski definition) is 3. The maximum absolute atomic E-state index is 12.9. The third kappa shape index (κ3) is 4.15. The van der Waals surface area contributed by atoms with Crippen LogP contribution in [0, 0.1) is 18.3 Å². The van der Waals surface area contributed by atoms with Crippen molar-refractivity contribution >= 4 is 11.6 Å². The highest BCUT2D eigenvalue weighted by Crippen LogP contribution is 2.33. The smallest absolute Gasteiger partial charge is 0.259 e. The maximum Gasteiger partial charge on any atom is 0.259 e. The molecule has 1 saturated heterocycles. The molecule has 0 radical (unpaired) electrons. The van der Waals surface area contributed by atoms with Gasteiger partial charge in [0.15, 0.2) is 0 Å². The molecule has 1 aliphatic rings. The van der Waals surface area contributed by atoms with Crippen molar-refractivity contribution in [3.05, 3.63) is 47.2 Å². The van der Waals surface area contributed by atoms with Gasteiger partial charge in [0.2, 0.25) is 0 Å². The average Bonchev–Trinajstić information content (AvgIpc) is 2.68. The molecule has 0 aromatic heterocycles. The number of aliphatic hydroxyl groups excluding tert-OH is 1. The summed E-state index contributed by atoms with van der Waals surface area (Å²) in [4.78, 5) is 14.6. The molecule has 0 spiro atoms. The standard InChI is InChI=1S/C21H30N2O3/c1-4-21(26,5-2)17-7-6-12-23(13-17)20(25)18(14-24)19(22)16-10-8-15(3)9-11-16/h8-11,14,17,22,24,26H,4-7,12-13H2,1-3H3/b18-14+,22-19?. The number of rotatable bonds is 6. The zero-order valence-electron chi connectivity index (χ0n) is 16.0. The summed E-state index contributed by atoms with van der Waals surface area (Å²) in [7, 11) is 0. The van der Waals surface area contributed by atoms with Crippen LogP contribution in [0.5, 0.6) is 0 Å². The van der Waals surface area contributed by atoms with E-state index in [2.05, 4.69) is 0 Å². The zero-order valence-corrected chi connectivity index (χ0v) is 16.0. The largest absolute Gasteiger partial charge is 0.515 e. The zero-order chi connectivity index (χ0) is 19.3. The van der Waals surface area contributed by atoms with Gasteiger partial charge >= 0.3 is 0 Å². The molecular formula is C21H30N2O3. The van der Waals surface area contributed by atoms with Gasteiger partial charge in [0.1, 0.15) is 0 Å². The lowest BCUT2D eigenvalue weighted by atomic mass is 9.78. The fraction of sp³-hybridized carbons (Fsp3) is 0.524. The van der Waals surface area contributed by atoms with E-state index in [0.29, 0.717) is 31.5 Å². The van der Waals surface area contributed by atoms with Crippen LogP contribution in [-0.4, -0.2) is 45.4 Å². The minimum absolute atomic E-state index is 0.00830. The van der Waals surface area contributed by atoms with Crippen molar-refractivity contribution in [1.29, 1.82) is 5.41 Å². The molecule has 2 rings (SSSR count). The van der Waals surface area contributed by atoms with E-state index < -0.39 is 5.60 Å². The predicted octanol–water partition coefficient (Wildman–Crippen LogP) is 3.59. The summed E-state index contributed by atoms with van der Waals surface area (Å²) in [5, 5.41) is 28.8. The van der Waals surface area contributed by atoms with Crippen LogP contribution in [0.25, 0.3) is 0 Å². The lowest BCUT2D eigenvalue weighted by molar-refractivity contribution is -0.131. The molecule has 0 saturated carbocycles. The van der Waals surface area contributed by atoms with Crippen molar-refractivity contribution in [1.82, 2.24) is 4.90 Å². The van der Waals surface area contributed by atoms with E-state index in [1.54, 1.807) is 17.0 Å². The highest BCUT2D eigenvalue weighted by Gasteiger charge is 2.38. The Balaban J connectivity index is 2.17. The first kappa shape index (κ1) is 20.2. The Morgan fingerprint density at radius 3 is 2.46 bits per heavy atom. The third-order valence-corrected chi connectivity index (χ3v) is 5.66. The Morgan fingerprint density at radius 2 is 1.92 bits per heavy atom. The number of aliphatic hydroxyl groups is 2. The normalized spacial score (nSPS) is 18.7. The van der Waals surface area contributed by atoms with E-state index >= 15 is 0 Å².